The van der Waals surface area contributed by atoms with E-state index in [0.29, 0.717) is 51.5 Å². The molecule has 0 aliphatic carbocycles. The van der Waals surface area contributed by atoms with Gasteiger partial charge in [-0.05, 0) is 19.1 Å². The standard InChI is InChI=1S/C18H27N5O4.2ClH/c1-2-26-17(24)14-3-4-16(20-11-14)22-6-8-23(9-7-22)18(25)21-13-15-12-19-5-10-27-15;;/h3-4,11,15,19H,2,5-10,12-13H2,1H3,(H,21,25);2*1H. The summed E-state index contributed by atoms with van der Waals surface area (Å²) in [7, 11) is 0. The molecule has 1 unspecified atom stereocenters. The smallest absolute Gasteiger partial charge is 0.339 e. The predicted molar refractivity (Wildman–Crippen MR) is 114 cm³/mol. The van der Waals surface area contributed by atoms with Crippen molar-refractivity contribution < 1.29 is 19.1 Å². The van der Waals surface area contributed by atoms with Gasteiger partial charge in [-0.25, -0.2) is 14.6 Å². The largest absolute Gasteiger partial charge is 0.462 e. The predicted octanol–water partition coefficient (Wildman–Crippen LogP) is 0.922. The maximum Gasteiger partial charge on any atom is 0.339 e. The van der Waals surface area contributed by atoms with Crippen LogP contribution in [0.25, 0.3) is 0 Å². The van der Waals surface area contributed by atoms with Crippen LogP contribution >= 0.6 is 24.8 Å². The number of carbonyl (C=O) groups is 2. The summed E-state index contributed by atoms with van der Waals surface area (Å²) in [4.78, 5) is 32.3. The van der Waals surface area contributed by atoms with Crippen LogP contribution in [0, 0.1) is 0 Å². The number of hydrogen-bond acceptors (Lipinski definition) is 7. The molecule has 1 aromatic rings. The van der Waals surface area contributed by atoms with E-state index in [1.165, 1.54) is 6.20 Å². The summed E-state index contributed by atoms with van der Waals surface area (Å²) in [5.74, 6) is 0.431. The monoisotopic (exact) mass is 449 g/mol. The van der Waals surface area contributed by atoms with Crippen molar-refractivity contribution in [1.82, 2.24) is 20.5 Å². The molecular weight excluding hydrogens is 421 g/mol. The van der Waals surface area contributed by atoms with E-state index in [-0.39, 0.29) is 42.9 Å². The van der Waals surface area contributed by atoms with Crippen LogP contribution < -0.4 is 15.5 Å². The maximum absolute atomic E-state index is 12.3. The fourth-order valence-electron chi connectivity index (χ4n) is 3.11. The molecule has 3 rings (SSSR count). The van der Waals surface area contributed by atoms with Crippen LogP contribution in [-0.4, -0.2) is 87.0 Å². The minimum absolute atomic E-state index is 0. The lowest BCUT2D eigenvalue weighted by Gasteiger charge is -2.35. The third kappa shape index (κ3) is 7.18. The molecular formula is C18H29Cl2N5O4. The molecule has 164 valence electrons. The Morgan fingerprint density at radius 2 is 2.03 bits per heavy atom. The first kappa shape index (κ1) is 25.2. The van der Waals surface area contributed by atoms with Crippen LogP contribution in [0.3, 0.4) is 0 Å². The number of nitrogens with one attached hydrogen (secondary N) is 2. The van der Waals surface area contributed by atoms with E-state index in [4.69, 9.17) is 9.47 Å². The number of hydrogen-bond donors (Lipinski definition) is 2. The highest BCUT2D eigenvalue weighted by Crippen LogP contribution is 2.14. The molecule has 0 saturated carbocycles. The Hall–Kier alpha value is -1.81. The highest BCUT2D eigenvalue weighted by Gasteiger charge is 2.23. The molecule has 3 heterocycles. The number of esters is 1. The molecule has 1 atom stereocenters. The number of pyridine rings is 1. The van der Waals surface area contributed by atoms with Gasteiger partial charge in [0.05, 0.1) is 24.9 Å². The average molecular weight is 450 g/mol. The second kappa shape index (κ2) is 12.7. The molecule has 29 heavy (non-hydrogen) atoms. The summed E-state index contributed by atoms with van der Waals surface area (Å²) in [6, 6.07) is 3.47. The zero-order valence-corrected chi connectivity index (χ0v) is 18.1. The SMILES string of the molecule is CCOC(=O)c1ccc(N2CCN(C(=O)NCC3CNCCO3)CC2)nc1.Cl.Cl. The van der Waals surface area contributed by atoms with Crippen molar-refractivity contribution in [2.24, 2.45) is 0 Å². The Labute approximate surface area is 183 Å². The molecule has 2 amide bonds. The number of piperazine rings is 1. The van der Waals surface area contributed by atoms with Crippen molar-refractivity contribution in [3.05, 3.63) is 23.9 Å². The Kier molecular flexibility index (Phi) is 11.0. The number of nitrogens with zero attached hydrogens (tertiary/aromatic N) is 3. The van der Waals surface area contributed by atoms with Crippen molar-refractivity contribution in [1.29, 1.82) is 0 Å². The number of morpholine rings is 1. The third-order valence-electron chi connectivity index (χ3n) is 4.64. The van der Waals surface area contributed by atoms with Crippen LogP contribution in [-0.2, 0) is 9.47 Å². The second-order valence-electron chi connectivity index (χ2n) is 6.48. The van der Waals surface area contributed by atoms with Crippen LogP contribution in [0.2, 0.25) is 0 Å². The van der Waals surface area contributed by atoms with Gasteiger partial charge in [0.1, 0.15) is 5.82 Å². The number of ether oxygens (including phenoxy) is 2. The van der Waals surface area contributed by atoms with E-state index >= 15 is 0 Å². The first-order valence-corrected chi connectivity index (χ1v) is 9.40. The van der Waals surface area contributed by atoms with Gasteiger partial charge < -0.3 is 29.9 Å². The Bertz CT molecular complexity index is 636. The number of rotatable bonds is 5. The fourth-order valence-corrected chi connectivity index (χ4v) is 3.11. The number of halogens is 2. The van der Waals surface area contributed by atoms with Crippen molar-refractivity contribution >= 4 is 42.6 Å². The number of urea groups is 1. The summed E-state index contributed by atoms with van der Waals surface area (Å²) >= 11 is 0. The van der Waals surface area contributed by atoms with Crippen molar-refractivity contribution in [2.75, 3.05) is 63.9 Å². The summed E-state index contributed by atoms with van der Waals surface area (Å²) in [5, 5.41) is 6.19. The quantitative estimate of drug-likeness (QED) is 0.645. The van der Waals surface area contributed by atoms with Crippen molar-refractivity contribution in [2.45, 2.75) is 13.0 Å². The lowest BCUT2D eigenvalue weighted by Crippen LogP contribution is -2.54. The first-order chi connectivity index (χ1) is 13.2. The fraction of sp³-hybridized carbons (Fsp3) is 0.611. The van der Waals surface area contributed by atoms with Crippen LogP contribution in [0.1, 0.15) is 17.3 Å². The van der Waals surface area contributed by atoms with Crippen LogP contribution in [0.5, 0.6) is 0 Å². The molecule has 2 aliphatic heterocycles. The molecule has 2 aliphatic rings. The minimum atomic E-state index is -0.366. The Balaban J connectivity index is 0.00000210. The second-order valence-corrected chi connectivity index (χ2v) is 6.48. The van der Waals surface area contributed by atoms with E-state index in [9.17, 15) is 9.59 Å². The average Bonchev–Trinajstić information content (AvgIpc) is 2.73. The maximum atomic E-state index is 12.3. The van der Waals surface area contributed by atoms with E-state index < -0.39 is 0 Å². The van der Waals surface area contributed by atoms with Gasteiger partial charge in [0.25, 0.3) is 0 Å². The van der Waals surface area contributed by atoms with Crippen LogP contribution in [0.4, 0.5) is 10.6 Å². The summed E-state index contributed by atoms with van der Waals surface area (Å²) in [6.07, 6.45) is 1.57. The third-order valence-corrected chi connectivity index (χ3v) is 4.64. The Morgan fingerprint density at radius 1 is 1.28 bits per heavy atom. The van der Waals surface area contributed by atoms with Gasteiger partial charge in [-0.1, -0.05) is 0 Å². The summed E-state index contributed by atoms with van der Waals surface area (Å²) in [6.45, 7) is 7.57. The molecule has 11 heteroatoms. The zero-order valence-electron chi connectivity index (χ0n) is 16.5. The first-order valence-electron chi connectivity index (χ1n) is 9.40. The summed E-state index contributed by atoms with van der Waals surface area (Å²) < 4.78 is 10.6. The molecule has 0 aromatic carbocycles. The van der Waals surface area contributed by atoms with E-state index in [0.717, 1.165) is 18.9 Å². The lowest BCUT2D eigenvalue weighted by atomic mass is 10.2. The van der Waals surface area contributed by atoms with Gasteiger partial charge in [-0.2, -0.15) is 0 Å². The number of aromatic nitrogens is 1. The van der Waals surface area contributed by atoms with E-state index in [1.807, 2.05) is 6.07 Å². The molecule has 0 radical (unpaired) electrons. The lowest BCUT2D eigenvalue weighted by molar-refractivity contribution is 0.0299. The number of anilines is 1. The molecule has 0 bridgehead atoms. The molecule has 2 saturated heterocycles. The van der Waals surface area contributed by atoms with Gasteiger partial charge >= 0.3 is 12.0 Å². The normalized spacial score (nSPS) is 18.9. The van der Waals surface area contributed by atoms with Crippen molar-refractivity contribution in [3.63, 3.8) is 0 Å². The minimum Gasteiger partial charge on any atom is -0.462 e. The van der Waals surface area contributed by atoms with Gasteiger partial charge in [0, 0.05) is 52.0 Å². The van der Waals surface area contributed by atoms with Crippen molar-refractivity contribution in [3.8, 4) is 0 Å². The summed E-state index contributed by atoms with van der Waals surface area (Å²) in [5.41, 5.74) is 0.443. The van der Waals surface area contributed by atoms with Gasteiger partial charge in [0.2, 0.25) is 0 Å². The van der Waals surface area contributed by atoms with Crippen LogP contribution in [0.15, 0.2) is 18.3 Å². The van der Waals surface area contributed by atoms with Gasteiger partial charge in [-0.15, -0.1) is 24.8 Å². The van der Waals surface area contributed by atoms with E-state index in [2.05, 4.69) is 20.5 Å². The molecule has 0 spiro atoms. The zero-order chi connectivity index (χ0) is 19.1. The molecule has 2 N–H and O–H groups in total. The number of carbonyl (C=O) groups excluding carboxylic acids is 2. The Morgan fingerprint density at radius 3 is 2.62 bits per heavy atom. The number of amides is 2. The van der Waals surface area contributed by atoms with Gasteiger partial charge in [-0.3, -0.25) is 0 Å². The highest BCUT2D eigenvalue weighted by atomic mass is 35.5. The molecule has 2 fully saturated rings. The topological polar surface area (TPSA) is 96.0 Å². The van der Waals surface area contributed by atoms with E-state index in [1.54, 1.807) is 17.9 Å². The molecule has 9 nitrogen and oxygen atoms in total. The van der Waals surface area contributed by atoms with Gasteiger partial charge in [0.15, 0.2) is 0 Å². The highest BCUT2D eigenvalue weighted by molar-refractivity contribution is 5.89. The molecule has 1 aromatic heterocycles.